The number of likely N-dealkylation sites (tertiary alicyclic amines) is 1. The molecule has 1 N–H and O–H groups in total. The fourth-order valence-electron chi connectivity index (χ4n) is 6.21. The Balaban J connectivity index is 1.23. The highest BCUT2D eigenvalue weighted by Gasteiger charge is 2.51. The van der Waals surface area contributed by atoms with Gasteiger partial charge in [0, 0.05) is 24.8 Å². The molecule has 41 heavy (non-hydrogen) atoms. The van der Waals surface area contributed by atoms with Crippen LogP contribution < -0.4 is 24.4 Å². The number of tetrazole rings is 1. The van der Waals surface area contributed by atoms with Gasteiger partial charge in [-0.2, -0.15) is 4.68 Å². The minimum atomic E-state index is -0.593. The van der Waals surface area contributed by atoms with E-state index in [-0.39, 0.29) is 11.9 Å². The van der Waals surface area contributed by atoms with Crippen molar-refractivity contribution in [3.05, 3.63) is 84.2 Å². The molecule has 3 aliphatic rings. The lowest BCUT2D eigenvalue weighted by Crippen LogP contribution is -2.57. The van der Waals surface area contributed by atoms with Crippen LogP contribution in [0.1, 0.15) is 30.3 Å². The first-order chi connectivity index (χ1) is 20.2. The molecule has 0 aliphatic carbocycles. The monoisotopic (exact) mass is 553 g/mol. The predicted molar refractivity (Wildman–Crippen MR) is 150 cm³/mol. The molecule has 0 saturated carbocycles. The molecule has 7 rings (SSSR count). The average Bonchev–Trinajstić information content (AvgIpc) is 3.63. The molecule has 1 atom stereocenters. The van der Waals surface area contributed by atoms with Crippen molar-refractivity contribution in [3.63, 3.8) is 0 Å². The number of hydrogen-bond donors (Lipinski definition) is 1. The predicted octanol–water partition coefficient (Wildman–Crippen LogP) is 2.96. The normalized spacial score (nSPS) is 18.8. The van der Waals surface area contributed by atoms with Crippen molar-refractivity contribution in [2.24, 2.45) is 0 Å². The van der Waals surface area contributed by atoms with Gasteiger partial charge < -0.3 is 24.4 Å². The molecule has 1 aromatic heterocycles. The number of carbonyl (C=O) groups is 1. The van der Waals surface area contributed by atoms with Crippen LogP contribution in [0, 0.1) is 0 Å². The number of aromatic nitrogens is 4. The second kappa shape index (κ2) is 10.4. The van der Waals surface area contributed by atoms with Crippen molar-refractivity contribution in [1.82, 2.24) is 30.4 Å². The van der Waals surface area contributed by atoms with Crippen molar-refractivity contribution in [2.75, 3.05) is 45.0 Å². The minimum Gasteiger partial charge on any atom is -0.497 e. The summed E-state index contributed by atoms with van der Waals surface area (Å²) in [6.07, 6.45) is 1.35. The van der Waals surface area contributed by atoms with Crippen molar-refractivity contribution < 1.29 is 19.0 Å². The fourth-order valence-corrected chi connectivity index (χ4v) is 6.21. The van der Waals surface area contributed by atoms with Gasteiger partial charge in [0.15, 0.2) is 17.3 Å². The van der Waals surface area contributed by atoms with E-state index in [2.05, 4.69) is 54.9 Å². The van der Waals surface area contributed by atoms with Crippen molar-refractivity contribution in [3.8, 4) is 22.9 Å². The molecular weight excluding hydrogens is 522 g/mol. The first kappa shape index (κ1) is 25.3. The number of carbonyl (C=O) groups excluding carboxylic acids is 1. The van der Waals surface area contributed by atoms with Crippen LogP contribution in [0.25, 0.3) is 5.69 Å². The van der Waals surface area contributed by atoms with Gasteiger partial charge in [0.1, 0.15) is 24.5 Å². The third kappa shape index (κ3) is 4.42. The van der Waals surface area contributed by atoms with Gasteiger partial charge in [0.25, 0.3) is 0 Å². The molecule has 2 saturated heterocycles. The number of methoxy groups -OCH3 is 1. The summed E-state index contributed by atoms with van der Waals surface area (Å²) in [7, 11) is 1.66. The molecule has 210 valence electrons. The number of piperidine rings is 1. The fraction of sp³-hybridized carbons (Fsp3) is 0.333. The summed E-state index contributed by atoms with van der Waals surface area (Å²) in [5.41, 5.74) is 2.27. The van der Waals surface area contributed by atoms with Crippen molar-refractivity contribution in [1.29, 1.82) is 0 Å². The lowest BCUT2D eigenvalue weighted by Gasteiger charge is -2.45. The minimum absolute atomic E-state index is 0.0862. The molecule has 0 bridgehead atoms. The second-order valence-corrected chi connectivity index (χ2v) is 10.4. The van der Waals surface area contributed by atoms with E-state index in [1.54, 1.807) is 11.8 Å². The highest BCUT2D eigenvalue weighted by atomic mass is 16.6. The summed E-state index contributed by atoms with van der Waals surface area (Å²) in [5, 5.41) is 16.1. The van der Waals surface area contributed by atoms with Crippen LogP contribution in [0.4, 0.5) is 5.69 Å². The van der Waals surface area contributed by atoms with Gasteiger partial charge in [0.2, 0.25) is 5.91 Å². The molecule has 4 aromatic rings. The Hall–Kier alpha value is -4.64. The molecule has 11 nitrogen and oxygen atoms in total. The van der Waals surface area contributed by atoms with Crippen LogP contribution in [0.2, 0.25) is 0 Å². The largest absolute Gasteiger partial charge is 0.497 e. The third-order valence-corrected chi connectivity index (χ3v) is 8.34. The van der Waals surface area contributed by atoms with Gasteiger partial charge >= 0.3 is 0 Å². The molecule has 3 aromatic carbocycles. The summed E-state index contributed by atoms with van der Waals surface area (Å²) < 4.78 is 18.7. The SMILES string of the molecule is COc1ccc(C(c2nnnn2-c2ccc3c(c2)OCCO3)N2CCC3(CC2)C(=O)NCN3c2ccccc2)cc1. The number of para-hydroxylation sites is 1. The standard InChI is InChI=1S/C30H31N7O4/c1-39-24-10-7-21(8-11-24)27(28-32-33-34-37(28)23-9-12-25-26(19-23)41-18-17-40-25)35-15-13-30(14-16-35)29(38)31-20-36(30)22-5-3-2-4-6-22/h2-12,19,27H,13-18,20H2,1H3,(H,31,38). The topological polar surface area (TPSA) is 107 Å². The Kier molecular flexibility index (Phi) is 6.43. The van der Waals surface area contributed by atoms with E-state index in [0.29, 0.717) is 63.1 Å². The molecule has 1 spiro atoms. The lowest BCUT2D eigenvalue weighted by molar-refractivity contribution is -0.125. The summed E-state index contributed by atoms with van der Waals surface area (Å²) in [6.45, 7) is 2.89. The smallest absolute Gasteiger partial charge is 0.247 e. The average molecular weight is 554 g/mol. The molecule has 0 radical (unpaired) electrons. The molecule has 1 unspecified atom stereocenters. The Morgan fingerprint density at radius 3 is 2.44 bits per heavy atom. The first-order valence-electron chi connectivity index (χ1n) is 13.8. The Bertz CT molecular complexity index is 1530. The van der Waals surface area contributed by atoms with Crippen LogP contribution in [-0.2, 0) is 4.79 Å². The number of hydrogen-bond acceptors (Lipinski definition) is 9. The highest BCUT2D eigenvalue weighted by molar-refractivity contribution is 5.93. The number of rotatable bonds is 6. The first-order valence-corrected chi connectivity index (χ1v) is 13.8. The summed E-state index contributed by atoms with van der Waals surface area (Å²) in [5.74, 6) is 2.92. The quantitative estimate of drug-likeness (QED) is 0.386. The van der Waals surface area contributed by atoms with E-state index >= 15 is 0 Å². The Morgan fingerprint density at radius 2 is 1.68 bits per heavy atom. The summed E-state index contributed by atoms with van der Waals surface area (Å²) >= 11 is 0. The van der Waals surface area contributed by atoms with Crippen LogP contribution in [-0.4, -0.2) is 76.6 Å². The van der Waals surface area contributed by atoms with Gasteiger partial charge in [-0.3, -0.25) is 9.69 Å². The van der Waals surface area contributed by atoms with E-state index in [9.17, 15) is 4.79 Å². The number of amides is 1. The molecular formula is C30H31N7O4. The zero-order valence-corrected chi connectivity index (χ0v) is 22.8. The van der Waals surface area contributed by atoms with Gasteiger partial charge in [-0.1, -0.05) is 30.3 Å². The maximum Gasteiger partial charge on any atom is 0.247 e. The van der Waals surface area contributed by atoms with E-state index in [1.165, 1.54) is 0 Å². The molecule has 4 heterocycles. The van der Waals surface area contributed by atoms with Crippen molar-refractivity contribution >= 4 is 11.6 Å². The van der Waals surface area contributed by atoms with Gasteiger partial charge in [-0.05, 0) is 65.2 Å². The molecule has 11 heteroatoms. The number of nitrogens with one attached hydrogen (secondary N) is 1. The van der Waals surface area contributed by atoms with E-state index in [0.717, 1.165) is 22.7 Å². The Morgan fingerprint density at radius 1 is 0.927 bits per heavy atom. The second-order valence-electron chi connectivity index (χ2n) is 10.4. The van der Waals surface area contributed by atoms with Crippen LogP contribution in [0.5, 0.6) is 17.2 Å². The lowest BCUT2D eigenvalue weighted by atomic mass is 9.84. The summed E-state index contributed by atoms with van der Waals surface area (Å²) in [6, 6.07) is 23.6. The molecule has 3 aliphatic heterocycles. The highest BCUT2D eigenvalue weighted by Crippen LogP contribution is 2.40. The third-order valence-electron chi connectivity index (χ3n) is 8.34. The maximum absolute atomic E-state index is 13.3. The number of benzene rings is 3. The molecule has 1 amide bonds. The molecule has 2 fully saturated rings. The number of ether oxygens (including phenoxy) is 3. The van der Waals surface area contributed by atoms with Crippen molar-refractivity contribution in [2.45, 2.75) is 24.4 Å². The van der Waals surface area contributed by atoms with E-state index in [4.69, 9.17) is 14.2 Å². The van der Waals surface area contributed by atoms with Gasteiger partial charge in [0.05, 0.1) is 25.5 Å². The van der Waals surface area contributed by atoms with Crippen LogP contribution in [0.15, 0.2) is 72.8 Å². The van der Waals surface area contributed by atoms with Gasteiger partial charge in [-0.25, -0.2) is 0 Å². The maximum atomic E-state index is 13.3. The van der Waals surface area contributed by atoms with Crippen LogP contribution in [0.3, 0.4) is 0 Å². The number of nitrogens with zero attached hydrogens (tertiary/aromatic N) is 6. The van der Waals surface area contributed by atoms with Gasteiger partial charge in [-0.15, -0.1) is 5.10 Å². The van der Waals surface area contributed by atoms with E-state index in [1.807, 2.05) is 48.5 Å². The summed E-state index contributed by atoms with van der Waals surface area (Å²) in [4.78, 5) is 17.9. The Labute approximate surface area is 237 Å². The number of fused-ring (bicyclic) bond motifs is 1. The number of anilines is 1. The van der Waals surface area contributed by atoms with Crippen LogP contribution >= 0.6 is 0 Å². The zero-order valence-electron chi connectivity index (χ0n) is 22.8. The van der Waals surface area contributed by atoms with E-state index < -0.39 is 5.54 Å². The zero-order chi connectivity index (χ0) is 27.8.